The molecular weight excluding hydrogens is 316 g/mol. The van der Waals surface area contributed by atoms with E-state index in [1.54, 1.807) is 12.7 Å². The predicted octanol–water partition coefficient (Wildman–Crippen LogP) is 2.35. The first-order chi connectivity index (χ1) is 12.2. The van der Waals surface area contributed by atoms with E-state index in [1.807, 2.05) is 35.8 Å². The summed E-state index contributed by atoms with van der Waals surface area (Å²) in [4.78, 5) is 17.4. The van der Waals surface area contributed by atoms with Crippen LogP contribution in [0.3, 0.4) is 0 Å². The molecule has 3 aromatic rings. The number of hydrogen-bond donors (Lipinski definition) is 1. The monoisotopic (exact) mass is 340 g/mol. The molecule has 0 unspecified atom stereocenters. The standard InChI is InChI=1S/C18H24N6O/c1-3-15(18(25)19-10-7-11-23-12-20-21-13-23)24-16-9-6-5-8-14(16)22-17(24)4-2/h5-6,8-9,12-13,15H,3-4,7,10-11H2,1-2H3,(H,19,25)/t15-/m0/s1. The number of nitrogens with one attached hydrogen (secondary N) is 1. The number of fused-ring (bicyclic) bond motifs is 1. The third kappa shape index (κ3) is 3.70. The molecule has 1 aromatic carbocycles. The number of carbonyl (C=O) groups is 1. The SMILES string of the molecule is CCc1nc2ccccc2n1[C@@H](CC)C(=O)NCCCn1cnnc1. The summed E-state index contributed by atoms with van der Waals surface area (Å²) in [6, 6.07) is 7.75. The van der Waals surface area contributed by atoms with Crippen LogP contribution in [-0.2, 0) is 17.8 Å². The molecule has 0 radical (unpaired) electrons. The van der Waals surface area contributed by atoms with Crippen molar-refractivity contribution in [3.63, 3.8) is 0 Å². The predicted molar refractivity (Wildman–Crippen MR) is 96.1 cm³/mol. The first kappa shape index (κ1) is 17.1. The zero-order valence-corrected chi connectivity index (χ0v) is 14.7. The van der Waals surface area contributed by atoms with Crippen molar-refractivity contribution in [3.8, 4) is 0 Å². The largest absolute Gasteiger partial charge is 0.354 e. The van der Waals surface area contributed by atoms with Crippen molar-refractivity contribution in [1.82, 2.24) is 29.6 Å². The molecular formula is C18H24N6O. The number of amides is 1. The lowest BCUT2D eigenvalue weighted by Crippen LogP contribution is -2.34. The topological polar surface area (TPSA) is 77.6 Å². The lowest BCUT2D eigenvalue weighted by molar-refractivity contribution is -0.124. The minimum absolute atomic E-state index is 0.0455. The highest BCUT2D eigenvalue weighted by molar-refractivity contribution is 5.84. The van der Waals surface area contributed by atoms with Crippen LogP contribution >= 0.6 is 0 Å². The minimum atomic E-state index is -0.239. The average molecular weight is 340 g/mol. The fourth-order valence-electron chi connectivity index (χ4n) is 3.11. The van der Waals surface area contributed by atoms with Crippen molar-refractivity contribution >= 4 is 16.9 Å². The highest BCUT2D eigenvalue weighted by Crippen LogP contribution is 2.24. The molecule has 1 amide bonds. The molecule has 0 aliphatic carbocycles. The summed E-state index contributed by atoms with van der Waals surface area (Å²) in [6.07, 6.45) is 5.73. The van der Waals surface area contributed by atoms with Crippen LogP contribution in [0.1, 0.15) is 38.6 Å². The summed E-state index contributed by atoms with van der Waals surface area (Å²) in [7, 11) is 0. The smallest absolute Gasteiger partial charge is 0.243 e. The van der Waals surface area contributed by atoms with Crippen molar-refractivity contribution in [3.05, 3.63) is 42.7 Å². The van der Waals surface area contributed by atoms with Gasteiger partial charge in [-0.3, -0.25) is 4.79 Å². The first-order valence-corrected chi connectivity index (χ1v) is 8.80. The minimum Gasteiger partial charge on any atom is -0.354 e. The van der Waals surface area contributed by atoms with Gasteiger partial charge in [0.25, 0.3) is 0 Å². The van der Waals surface area contributed by atoms with Crippen LogP contribution in [0.25, 0.3) is 11.0 Å². The average Bonchev–Trinajstić information content (AvgIpc) is 3.27. The molecule has 0 aliphatic heterocycles. The van der Waals surface area contributed by atoms with E-state index in [2.05, 4.69) is 32.0 Å². The fraction of sp³-hybridized carbons (Fsp3) is 0.444. The number of aromatic nitrogens is 5. The number of para-hydroxylation sites is 2. The second-order valence-corrected chi connectivity index (χ2v) is 6.01. The lowest BCUT2D eigenvalue weighted by Gasteiger charge is -2.20. The second kappa shape index (κ2) is 7.92. The van der Waals surface area contributed by atoms with Gasteiger partial charge < -0.3 is 14.5 Å². The Kier molecular flexibility index (Phi) is 5.42. The van der Waals surface area contributed by atoms with Crippen LogP contribution in [-0.4, -0.2) is 36.8 Å². The third-order valence-electron chi connectivity index (χ3n) is 4.35. The van der Waals surface area contributed by atoms with E-state index in [-0.39, 0.29) is 11.9 Å². The van der Waals surface area contributed by atoms with Gasteiger partial charge in [-0.1, -0.05) is 26.0 Å². The molecule has 2 heterocycles. The molecule has 0 spiro atoms. The molecule has 3 rings (SSSR count). The maximum atomic E-state index is 12.8. The van der Waals surface area contributed by atoms with Gasteiger partial charge in [-0.05, 0) is 25.0 Å². The van der Waals surface area contributed by atoms with Crippen molar-refractivity contribution in [2.45, 2.75) is 45.7 Å². The molecule has 1 atom stereocenters. The van der Waals surface area contributed by atoms with E-state index in [9.17, 15) is 4.79 Å². The summed E-state index contributed by atoms with van der Waals surface area (Å²) in [6.45, 7) is 5.52. The zero-order valence-electron chi connectivity index (χ0n) is 14.7. The van der Waals surface area contributed by atoms with Crippen LogP contribution in [0.2, 0.25) is 0 Å². The van der Waals surface area contributed by atoms with Crippen LogP contribution in [0.15, 0.2) is 36.9 Å². The number of nitrogens with zero attached hydrogens (tertiary/aromatic N) is 5. The van der Waals surface area contributed by atoms with Crippen molar-refractivity contribution in [1.29, 1.82) is 0 Å². The van der Waals surface area contributed by atoms with E-state index in [0.717, 1.165) is 42.7 Å². The van der Waals surface area contributed by atoms with Gasteiger partial charge in [-0.25, -0.2) is 4.98 Å². The maximum Gasteiger partial charge on any atom is 0.243 e. The quantitative estimate of drug-likeness (QED) is 0.639. The Morgan fingerprint density at radius 2 is 1.96 bits per heavy atom. The Hall–Kier alpha value is -2.70. The van der Waals surface area contributed by atoms with Gasteiger partial charge in [-0.2, -0.15) is 0 Å². The van der Waals surface area contributed by atoms with Crippen LogP contribution in [0.4, 0.5) is 0 Å². The molecule has 1 N–H and O–H groups in total. The molecule has 7 nitrogen and oxygen atoms in total. The number of aryl methyl sites for hydroxylation is 2. The van der Waals surface area contributed by atoms with Gasteiger partial charge in [0.15, 0.2) is 0 Å². The second-order valence-electron chi connectivity index (χ2n) is 6.01. The Morgan fingerprint density at radius 1 is 1.20 bits per heavy atom. The molecule has 0 bridgehead atoms. The van der Waals surface area contributed by atoms with Gasteiger partial charge in [0.2, 0.25) is 5.91 Å². The highest BCUT2D eigenvalue weighted by Gasteiger charge is 2.23. The van der Waals surface area contributed by atoms with Crippen molar-refractivity contribution in [2.24, 2.45) is 0 Å². The normalized spacial score (nSPS) is 12.4. The molecule has 0 saturated heterocycles. The Morgan fingerprint density at radius 3 is 2.68 bits per heavy atom. The Labute approximate surface area is 147 Å². The van der Waals surface area contributed by atoms with Crippen molar-refractivity contribution in [2.75, 3.05) is 6.54 Å². The summed E-state index contributed by atoms with van der Waals surface area (Å²) >= 11 is 0. The summed E-state index contributed by atoms with van der Waals surface area (Å²) < 4.78 is 3.99. The third-order valence-corrected chi connectivity index (χ3v) is 4.35. The first-order valence-electron chi connectivity index (χ1n) is 8.80. The molecule has 25 heavy (non-hydrogen) atoms. The molecule has 0 aliphatic rings. The molecule has 132 valence electrons. The summed E-state index contributed by atoms with van der Waals surface area (Å²) in [5.74, 6) is 0.997. The van der Waals surface area contributed by atoms with E-state index < -0.39 is 0 Å². The summed E-state index contributed by atoms with van der Waals surface area (Å²) in [5.41, 5.74) is 1.96. The Balaban J connectivity index is 1.70. The van der Waals surface area contributed by atoms with E-state index in [1.165, 1.54) is 0 Å². The van der Waals surface area contributed by atoms with Crippen LogP contribution < -0.4 is 5.32 Å². The van der Waals surface area contributed by atoms with Gasteiger partial charge in [-0.15, -0.1) is 10.2 Å². The number of benzene rings is 1. The zero-order chi connectivity index (χ0) is 17.6. The molecule has 0 fully saturated rings. The molecule has 7 heteroatoms. The molecule has 0 saturated carbocycles. The van der Waals surface area contributed by atoms with E-state index >= 15 is 0 Å². The number of imidazole rings is 1. The summed E-state index contributed by atoms with van der Waals surface area (Å²) in [5, 5.41) is 10.6. The fourth-order valence-corrected chi connectivity index (χ4v) is 3.11. The van der Waals surface area contributed by atoms with Gasteiger partial charge >= 0.3 is 0 Å². The van der Waals surface area contributed by atoms with Crippen molar-refractivity contribution < 1.29 is 4.79 Å². The molecule has 2 aromatic heterocycles. The maximum absolute atomic E-state index is 12.8. The van der Waals surface area contributed by atoms with Crippen LogP contribution in [0, 0.1) is 0 Å². The highest BCUT2D eigenvalue weighted by atomic mass is 16.2. The van der Waals surface area contributed by atoms with E-state index in [0.29, 0.717) is 6.54 Å². The van der Waals surface area contributed by atoms with E-state index in [4.69, 9.17) is 0 Å². The van der Waals surface area contributed by atoms with Gasteiger partial charge in [0, 0.05) is 19.5 Å². The number of rotatable bonds is 8. The van der Waals surface area contributed by atoms with Crippen LogP contribution in [0.5, 0.6) is 0 Å². The van der Waals surface area contributed by atoms with Gasteiger partial charge in [0.05, 0.1) is 11.0 Å². The van der Waals surface area contributed by atoms with Gasteiger partial charge in [0.1, 0.15) is 24.5 Å². The lowest BCUT2D eigenvalue weighted by atomic mass is 10.1. The number of hydrogen-bond acceptors (Lipinski definition) is 4. The number of carbonyl (C=O) groups excluding carboxylic acids is 1. The Bertz CT molecular complexity index is 823.